The highest BCUT2D eigenvalue weighted by Crippen LogP contribution is 2.50. The van der Waals surface area contributed by atoms with Gasteiger partial charge in [0, 0.05) is 20.2 Å². The number of thiophene rings is 1. The van der Waals surface area contributed by atoms with Crippen molar-refractivity contribution in [2.75, 3.05) is 0 Å². The van der Waals surface area contributed by atoms with Crippen LogP contribution >= 0.6 is 11.3 Å². The van der Waals surface area contributed by atoms with E-state index in [0.29, 0.717) is 0 Å². The summed E-state index contributed by atoms with van der Waals surface area (Å²) < 4.78 is 2.67. The monoisotopic (exact) mass is 510 g/mol. The molecule has 1 heterocycles. The Morgan fingerprint density at radius 2 is 0.974 bits per heavy atom. The number of rotatable bonds is 2. The Morgan fingerprint density at radius 3 is 1.85 bits per heavy atom. The molecular formula is C38H22S. The molecule has 0 aliphatic heterocycles. The topological polar surface area (TPSA) is 0 Å². The summed E-state index contributed by atoms with van der Waals surface area (Å²) >= 11 is 1.89. The molecule has 1 aliphatic rings. The van der Waals surface area contributed by atoms with E-state index in [1.165, 1.54) is 86.2 Å². The second-order valence-corrected chi connectivity index (χ2v) is 11.6. The average Bonchev–Trinajstić information content (AvgIpc) is 3.54. The maximum absolute atomic E-state index is 2.40. The molecule has 1 aromatic heterocycles. The van der Waals surface area contributed by atoms with Crippen LogP contribution in [0, 0.1) is 0 Å². The van der Waals surface area contributed by atoms with E-state index in [1.54, 1.807) is 0 Å². The van der Waals surface area contributed by atoms with Crippen LogP contribution in [0.5, 0.6) is 0 Å². The molecule has 0 bridgehead atoms. The fourth-order valence-electron chi connectivity index (χ4n) is 6.64. The second-order valence-electron chi connectivity index (χ2n) is 10.5. The van der Waals surface area contributed by atoms with Crippen molar-refractivity contribution in [1.82, 2.24) is 0 Å². The first-order valence-corrected chi connectivity index (χ1v) is 14.3. The molecular weight excluding hydrogens is 488 g/mol. The maximum Gasteiger partial charge on any atom is 0.0361 e. The summed E-state index contributed by atoms with van der Waals surface area (Å²) in [6.07, 6.45) is 0. The van der Waals surface area contributed by atoms with Crippen LogP contribution < -0.4 is 0 Å². The Labute approximate surface area is 230 Å². The highest BCUT2D eigenvalue weighted by atomic mass is 32.1. The summed E-state index contributed by atoms with van der Waals surface area (Å²) in [5.74, 6) is 0. The van der Waals surface area contributed by atoms with E-state index in [1.807, 2.05) is 11.3 Å². The van der Waals surface area contributed by atoms with Crippen LogP contribution in [0.15, 0.2) is 133 Å². The minimum atomic E-state index is 1.26. The molecule has 0 atom stereocenters. The Bertz CT molecular complexity index is 2250. The fourth-order valence-corrected chi connectivity index (χ4v) is 7.76. The molecule has 0 saturated heterocycles. The molecule has 0 fully saturated rings. The van der Waals surface area contributed by atoms with E-state index >= 15 is 0 Å². The number of hydrogen-bond donors (Lipinski definition) is 0. The third-order valence-corrected chi connectivity index (χ3v) is 9.55. The number of fused-ring (bicyclic) bond motifs is 7. The molecule has 7 aromatic carbocycles. The van der Waals surface area contributed by atoms with Gasteiger partial charge in [0.05, 0.1) is 0 Å². The van der Waals surface area contributed by atoms with Gasteiger partial charge >= 0.3 is 0 Å². The normalized spacial score (nSPS) is 12.1. The van der Waals surface area contributed by atoms with Gasteiger partial charge in [-0.15, -0.1) is 11.3 Å². The van der Waals surface area contributed by atoms with E-state index in [2.05, 4.69) is 133 Å². The molecule has 39 heavy (non-hydrogen) atoms. The molecule has 0 spiro atoms. The van der Waals surface area contributed by atoms with Crippen molar-refractivity contribution < 1.29 is 0 Å². The predicted molar refractivity (Wildman–Crippen MR) is 170 cm³/mol. The van der Waals surface area contributed by atoms with Gasteiger partial charge in [0.15, 0.2) is 0 Å². The lowest BCUT2D eigenvalue weighted by atomic mass is 9.91. The summed E-state index contributed by atoms with van der Waals surface area (Å²) in [4.78, 5) is 0. The van der Waals surface area contributed by atoms with Crippen molar-refractivity contribution in [3.63, 3.8) is 0 Å². The van der Waals surface area contributed by atoms with E-state index < -0.39 is 0 Å². The summed E-state index contributed by atoms with van der Waals surface area (Å²) in [5.41, 5.74) is 10.5. The van der Waals surface area contributed by atoms with Crippen LogP contribution in [0.25, 0.3) is 86.2 Å². The van der Waals surface area contributed by atoms with Crippen LogP contribution in [-0.2, 0) is 0 Å². The predicted octanol–water partition coefficient (Wildman–Crippen LogP) is 11.3. The number of hydrogen-bond acceptors (Lipinski definition) is 1. The lowest BCUT2D eigenvalue weighted by Gasteiger charge is -2.11. The fraction of sp³-hybridized carbons (Fsp3) is 0. The Morgan fingerprint density at radius 1 is 0.333 bits per heavy atom. The first-order valence-electron chi connectivity index (χ1n) is 13.4. The first-order chi connectivity index (χ1) is 19.3. The maximum atomic E-state index is 2.40. The molecule has 8 aromatic rings. The second kappa shape index (κ2) is 7.89. The van der Waals surface area contributed by atoms with E-state index in [4.69, 9.17) is 0 Å². The Hall–Kier alpha value is -4.72. The Kier molecular flexibility index (Phi) is 4.30. The molecule has 0 nitrogen and oxygen atoms in total. The van der Waals surface area contributed by atoms with Gasteiger partial charge in [0.1, 0.15) is 0 Å². The smallest absolute Gasteiger partial charge is 0.0361 e. The van der Waals surface area contributed by atoms with Crippen LogP contribution in [0.2, 0.25) is 0 Å². The van der Waals surface area contributed by atoms with Gasteiger partial charge in [-0.25, -0.2) is 0 Å². The molecule has 0 radical (unpaired) electrons. The summed E-state index contributed by atoms with van der Waals surface area (Å²) in [6, 6.07) is 49.5. The van der Waals surface area contributed by atoms with Gasteiger partial charge in [-0.2, -0.15) is 0 Å². The summed E-state index contributed by atoms with van der Waals surface area (Å²) in [7, 11) is 0. The van der Waals surface area contributed by atoms with Crippen LogP contribution in [0.1, 0.15) is 0 Å². The quantitative estimate of drug-likeness (QED) is 0.217. The van der Waals surface area contributed by atoms with E-state index in [9.17, 15) is 0 Å². The minimum absolute atomic E-state index is 1.26. The largest absolute Gasteiger partial charge is 0.135 e. The highest BCUT2D eigenvalue weighted by molar-refractivity contribution is 7.26. The van der Waals surface area contributed by atoms with Gasteiger partial charge < -0.3 is 0 Å². The van der Waals surface area contributed by atoms with Gasteiger partial charge in [-0.05, 0) is 90.3 Å². The third kappa shape index (κ3) is 2.99. The molecule has 0 amide bonds. The molecule has 1 heteroatoms. The average molecular weight is 511 g/mol. The van der Waals surface area contributed by atoms with Gasteiger partial charge in [0.25, 0.3) is 0 Å². The Balaban J connectivity index is 1.30. The molecule has 0 saturated carbocycles. The molecule has 0 N–H and O–H groups in total. The van der Waals surface area contributed by atoms with Crippen molar-refractivity contribution >= 4 is 53.1 Å². The molecule has 180 valence electrons. The number of benzene rings is 7. The van der Waals surface area contributed by atoms with Crippen molar-refractivity contribution in [1.29, 1.82) is 0 Å². The van der Waals surface area contributed by atoms with Crippen molar-refractivity contribution in [2.45, 2.75) is 0 Å². The van der Waals surface area contributed by atoms with Gasteiger partial charge in [-0.1, -0.05) is 109 Å². The van der Waals surface area contributed by atoms with Crippen LogP contribution in [0.4, 0.5) is 0 Å². The highest BCUT2D eigenvalue weighted by Gasteiger charge is 2.23. The van der Waals surface area contributed by atoms with Gasteiger partial charge in [0.2, 0.25) is 0 Å². The third-order valence-electron chi connectivity index (χ3n) is 8.42. The van der Waals surface area contributed by atoms with Crippen molar-refractivity contribution in [2.24, 2.45) is 0 Å². The SMILES string of the molecule is c1ccc2c(c1)-c1cccc3c(-c4cccc5sc6ccc(-c7ccc8ccccc8c7)cc6c45)ccc-2c13. The van der Waals surface area contributed by atoms with E-state index in [-0.39, 0.29) is 0 Å². The lowest BCUT2D eigenvalue weighted by Crippen LogP contribution is -1.85. The standard InChI is InChI=1S/C38H22S/c1-2-8-24-21-25(16-15-23(24)7-1)26-17-20-35-34(22-26)38-32(13-6-14-36(38)39-35)29-18-19-33-28-10-4-3-9-27(28)30-11-5-12-31(29)37(30)33/h1-22H. The van der Waals surface area contributed by atoms with Gasteiger partial charge in [-0.3, -0.25) is 0 Å². The zero-order valence-electron chi connectivity index (χ0n) is 21.1. The van der Waals surface area contributed by atoms with E-state index in [0.717, 1.165) is 0 Å². The summed E-state index contributed by atoms with van der Waals surface area (Å²) in [5, 5.41) is 7.96. The first kappa shape index (κ1) is 21.2. The van der Waals surface area contributed by atoms with Crippen LogP contribution in [0.3, 0.4) is 0 Å². The van der Waals surface area contributed by atoms with Crippen molar-refractivity contribution in [3.8, 4) is 44.5 Å². The summed E-state index contributed by atoms with van der Waals surface area (Å²) in [6.45, 7) is 0. The zero-order valence-corrected chi connectivity index (χ0v) is 21.9. The molecule has 0 unspecified atom stereocenters. The van der Waals surface area contributed by atoms with Crippen LogP contribution in [-0.4, -0.2) is 0 Å². The molecule has 1 aliphatic carbocycles. The van der Waals surface area contributed by atoms with Crippen molar-refractivity contribution in [3.05, 3.63) is 133 Å². The zero-order chi connectivity index (χ0) is 25.5. The molecule has 9 rings (SSSR count). The lowest BCUT2D eigenvalue weighted by molar-refractivity contribution is 1.69. The minimum Gasteiger partial charge on any atom is -0.135 e.